The fourth-order valence-electron chi connectivity index (χ4n) is 20.0. The summed E-state index contributed by atoms with van der Waals surface area (Å²) in [4.78, 5) is 0. The smallest absolute Gasteiger partial charge is 0.211 e. The lowest BCUT2D eigenvalue weighted by molar-refractivity contribution is 0.117. The van der Waals surface area contributed by atoms with Crippen molar-refractivity contribution in [1.82, 2.24) is 0 Å². The molecule has 0 amide bonds. The number of hydrogen-bond acceptors (Lipinski definition) is 6. The van der Waals surface area contributed by atoms with Crippen LogP contribution in [0.4, 0.5) is 0 Å². The van der Waals surface area contributed by atoms with Gasteiger partial charge in [0.15, 0.2) is 0 Å². The first-order valence-electron chi connectivity index (χ1n) is 47.4. The molecule has 0 atom stereocenters. The van der Waals surface area contributed by atoms with Gasteiger partial charge in [-0.25, -0.2) is 0 Å². The SMILES string of the molecule is CCCCCCCCC1CCC(COc2c(OCC3CCC(CCCCCCCC)CC3)c(OCC3CCC(CCCCCCCC)CC3)c(OCC3CCC(CCCCCCCC)CC3)c(OCC3CCC(CCCCCCCC)CC3)c2OCC2CCC(CCCCCCCC)CC2)CC1. The van der Waals surface area contributed by atoms with E-state index in [1.54, 1.807) is 0 Å². The van der Waals surface area contributed by atoms with Crippen molar-refractivity contribution in [3.05, 3.63) is 0 Å². The van der Waals surface area contributed by atoms with Crippen LogP contribution in [-0.4, -0.2) is 39.6 Å². The highest BCUT2D eigenvalue weighted by Crippen LogP contribution is 2.60. The maximum atomic E-state index is 7.74. The van der Waals surface area contributed by atoms with E-state index in [2.05, 4.69) is 41.5 Å². The Hall–Kier alpha value is -1.98. The molecule has 594 valence electrons. The Balaban J connectivity index is 1.22. The van der Waals surface area contributed by atoms with Gasteiger partial charge in [0, 0.05) is 0 Å². The van der Waals surface area contributed by atoms with Gasteiger partial charge in [0.1, 0.15) is 0 Å². The average Bonchev–Trinajstić information content (AvgIpc) is 0.763. The molecule has 6 fully saturated rings. The van der Waals surface area contributed by atoms with Gasteiger partial charge >= 0.3 is 0 Å². The lowest BCUT2D eigenvalue weighted by atomic mass is 9.80. The summed E-state index contributed by atoms with van der Waals surface area (Å²) < 4.78 is 46.4. The van der Waals surface area contributed by atoms with Crippen molar-refractivity contribution in [1.29, 1.82) is 0 Å². The second-order valence-electron chi connectivity index (χ2n) is 36.5. The predicted octanol–water partition coefficient (Wildman–Crippen LogP) is 31.3. The summed E-state index contributed by atoms with van der Waals surface area (Å²) in [5.41, 5.74) is 0. The average molecular weight is 1420 g/mol. The molecule has 0 bridgehead atoms. The van der Waals surface area contributed by atoms with Crippen LogP contribution < -0.4 is 28.4 Å². The molecule has 6 nitrogen and oxygen atoms in total. The topological polar surface area (TPSA) is 55.4 Å². The van der Waals surface area contributed by atoms with Gasteiger partial charge in [0.05, 0.1) is 39.6 Å². The minimum absolute atomic E-state index is 0.509. The second kappa shape index (κ2) is 56.3. The van der Waals surface area contributed by atoms with Gasteiger partial charge in [-0.1, -0.05) is 388 Å². The summed E-state index contributed by atoms with van der Waals surface area (Å²) in [5, 5.41) is 0. The minimum atomic E-state index is 0.509. The summed E-state index contributed by atoms with van der Waals surface area (Å²) in [6.45, 7) is 18.2. The van der Waals surface area contributed by atoms with E-state index in [-0.39, 0.29) is 0 Å². The van der Waals surface area contributed by atoms with Crippen molar-refractivity contribution >= 4 is 0 Å². The maximum absolute atomic E-state index is 7.74. The van der Waals surface area contributed by atoms with Gasteiger partial charge in [-0.05, 0) is 148 Å². The van der Waals surface area contributed by atoms with Crippen LogP contribution in [0.15, 0.2) is 0 Å². The quantitative estimate of drug-likeness (QED) is 0.0606. The van der Waals surface area contributed by atoms with Crippen LogP contribution in [-0.2, 0) is 0 Å². The molecule has 6 saturated carbocycles. The first kappa shape index (κ1) is 87.2. The molecule has 0 N–H and O–H groups in total. The van der Waals surface area contributed by atoms with Crippen molar-refractivity contribution in [2.45, 2.75) is 465 Å². The van der Waals surface area contributed by atoms with Crippen molar-refractivity contribution in [3.63, 3.8) is 0 Å². The maximum Gasteiger partial charge on any atom is 0.211 e. The molecule has 0 heterocycles. The van der Waals surface area contributed by atoms with E-state index in [0.29, 0.717) is 75.1 Å². The van der Waals surface area contributed by atoms with Gasteiger partial charge in [0.25, 0.3) is 0 Å². The van der Waals surface area contributed by atoms with Gasteiger partial charge in [-0.15, -0.1) is 0 Å². The van der Waals surface area contributed by atoms with E-state index < -0.39 is 0 Å². The molecule has 0 unspecified atom stereocenters. The monoisotopic (exact) mass is 1420 g/mol. The summed E-state index contributed by atoms with van der Waals surface area (Å²) in [7, 11) is 0. The molecule has 0 aliphatic heterocycles. The predicted molar refractivity (Wildman–Crippen MR) is 440 cm³/mol. The number of ether oxygens (including phenoxy) is 6. The van der Waals surface area contributed by atoms with Crippen molar-refractivity contribution in [2.24, 2.45) is 71.0 Å². The fourth-order valence-corrected chi connectivity index (χ4v) is 20.0. The largest absolute Gasteiger partial charge is 0.486 e. The molecule has 0 spiro atoms. The number of rotatable bonds is 60. The van der Waals surface area contributed by atoms with Gasteiger partial charge in [0.2, 0.25) is 34.5 Å². The van der Waals surface area contributed by atoms with Crippen LogP contribution in [0.5, 0.6) is 34.5 Å². The molecule has 6 heteroatoms. The van der Waals surface area contributed by atoms with Crippen LogP contribution in [0.1, 0.15) is 465 Å². The number of unbranched alkanes of at least 4 members (excludes halogenated alkanes) is 30. The zero-order valence-corrected chi connectivity index (χ0v) is 69.3. The summed E-state index contributed by atoms with van der Waals surface area (Å²) in [6.07, 6.45) is 89.5. The Kier molecular flexibility index (Phi) is 48.1. The zero-order chi connectivity index (χ0) is 71.5. The molecule has 0 aromatic heterocycles. The second-order valence-corrected chi connectivity index (χ2v) is 36.5. The summed E-state index contributed by atoms with van der Waals surface area (Å²) >= 11 is 0. The van der Waals surface area contributed by atoms with E-state index in [4.69, 9.17) is 28.4 Å². The van der Waals surface area contributed by atoms with Crippen LogP contribution >= 0.6 is 0 Å². The molecule has 0 radical (unpaired) electrons. The standard InChI is InChI=1S/C96H174O6/c1-7-13-19-25-31-37-43-79-49-61-85(62-50-79)73-97-91-92(98-74-86-63-51-80(52-64-86)44-38-32-26-20-14-8-2)94(100-76-88-67-55-82(56-68-88)46-40-34-28-22-16-10-4)96(102-78-90-71-59-84(60-72-90)48-42-36-30-24-18-12-6)95(101-77-89-69-57-83(58-70-89)47-41-35-29-23-17-11-5)93(91)99-75-87-65-53-81(54-66-87)45-39-33-27-21-15-9-3/h79-90H,7-78H2,1-6H3. The molecule has 7 rings (SSSR count). The van der Waals surface area contributed by atoms with Crippen LogP contribution in [0, 0.1) is 71.0 Å². The van der Waals surface area contributed by atoms with Crippen LogP contribution in [0.25, 0.3) is 0 Å². The summed E-state index contributed by atoms with van der Waals surface area (Å²) in [6, 6.07) is 0. The van der Waals surface area contributed by atoms with Crippen molar-refractivity contribution in [2.75, 3.05) is 39.6 Å². The third kappa shape index (κ3) is 36.0. The molecule has 6 aliphatic carbocycles. The van der Waals surface area contributed by atoms with E-state index in [1.807, 2.05) is 0 Å². The fraction of sp³-hybridized carbons (Fsp3) is 0.938. The highest BCUT2D eigenvalue weighted by Gasteiger charge is 2.38. The van der Waals surface area contributed by atoms with E-state index in [9.17, 15) is 0 Å². The van der Waals surface area contributed by atoms with E-state index in [1.165, 1.54) is 424 Å². The van der Waals surface area contributed by atoms with Gasteiger partial charge < -0.3 is 28.4 Å². The Morgan fingerprint density at radius 2 is 0.255 bits per heavy atom. The molecule has 102 heavy (non-hydrogen) atoms. The normalized spacial score (nSPS) is 25.7. The third-order valence-electron chi connectivity index (χ3n) is 27.6. The highest BCUT2D eigenvalue weighted by molar-refractivity contribution is 5.74. The van der Waals surface area contributed by atoms with Crippen molar-refractivity contribution in [3.8, 4) is 34.5 Å². The number of benzene rings is 1. The van der Waals surface area contributed by atoms with Gasteiger partial charge in [-0.2, -0.15) is 0 Å². The van der Waals surface area contributed by atoms with Gasteiger partial charge in [-0.3, -0.25) is 0 Å². The molecule has 0 saturated heterocycles. The van der Waals surface area contributed by atoms with Crippen LogP contribution in [0.2, 0.25) is 0 Å². The van der Waals surface area contributed by atoms with Crippen molar-refractivity contribution < 1.29 is 28.4 Å². The molecule has 1 aromatic carbocycles. The Morgan fingerprint density at radius 1 is 0.147 bits per heavy atom. The Labute approximate surface area is 635 Å². The zero-order valence-electron chi connectivity index (χ0n) is 69.3. The Bertz CT molecular complexity index is 1690. The molecule has 1 aromatic rings. The molecular formula is C96H174O6. The Morgan fingerprint density at radius 3 is 0.382 bits per heavy atom. The lowest BCUT2D eigenvalue weighted by Crippen LogP contribution is -2.25. The molecule has 6 aliphatic rings. The van der Waals surface area contributed by atoms with E-state index >= 15 is 0 Å². The van der Waals surface area contributed by atoms with E-state index in [0.717, 1.165) is 70.0 Å². The first-order chi connectivity index (χ1) is 50.4. The first-order valence-corrected chi connectivity index (χ1v) is 47.4. The third-order valence-corrected chi connectivity index (χ3v) is 27.6. The highest BCUT2D eigenvalue weighted by atomic mass is 16.6. The minimum Gasteiger partial charge on any atom is -0.486 e. The molecular weight excluding hydrogens is 1250 g/mol. The van der Waals surface area contributed by atoms with Crippen LogP contribution in [0.3, 0.4) is 0 Å². The lowest BCUT2D eigenvalue weighted by Gasteiger charge is -2.34. The number of hydrogen-bond donors (Lipinski definition) is 0. The summed E-state index contributed by atoms with van der Waals surface area (Å²) in [5.74, 6) is 12.9.